The Balaban J connectivity index is 1.18. The van der Waals surface area contributed by atoms with E-state index in [-0.39, 0.29) is 5.78 Å². The molecule has 37 heavy (non-hydrogen) atoms. The maximum Gasteiger partial charge on any atom is 0.216 e. The third-order valence-electron chi connectivity index (χ3n) is 7.85. The van der Waals surface area contributed by atoms with Gasteiger partial charge < -0.3 is 14.5 Å². The van der Waals surface area contributed by atoms with Crippen LogP contribution in [0.25, 0.3) is 5.57 Å². The smallest absolute Gasteiger partial charge is 0.216 e. The first-order chi connectivity index (χ1) is 18.1. The lowest BCUT2D eigenvalue weighted by molar-refractivity contribution is -0.134. The monoisotopic (exact) mass is 502 g/mol. The average molecular weight is 503 g/mol. The number of morpholine rings is 1. The van der Waals surface area contributed by atoms with E-state index in [4.69, 9.17) is 4.74 Å². The second-order valence-electron chi connectivity index (χ2n) is 10.3. The number of ketones is 1. The molecule has 5 rings (SSSR count). The molecule has 1 unspecified atom stereocenters. The minimum Gasteiger partial charge on any atom is -0.378 e. The topological polar surface area (TPSA) is 56.3 Å². The Labute approximate surface area is 220 Å². The molecule has 0 radical (unpaired) electrons. The highest BCUT2D eigenvalue weighted by molar-refractivity contribution is 6.27. The van der Waals surface area contributed by atoms with Gasteiger partial charge in [-0.3, -0.25) is 19.4 Å². The van der Waals surface area contributed by atoms with Crippen molar-refractivity contribution in [2.75, 3.05) is 76.0 Å². The highest BCUT2D eigenvalue weighted by Gasteiger charge is 2.35. The summed E-state index contributed by atoms with van der Waals surface area (Å²) in [5, 5.41) is 0. The van der Waals surface area contributed by atoms with E-state index >= 15 is 0 Å². The van der Waals surface area contributed by atoms with Gasteiger partial charge in [0.05, 0.1) is 19.9 Å². The molecule has 0 saturated carbocycles. The van der Waals surface area contributed by atoms with Crippen molar-refractivity contribution in [3.63, 3.8) is 0 Å². The molecule has 0 aliphatic carbocycles. The molecule has 3 aliphatic heterocycles. The maximum atomic E-state index is 12.8. The lowest BCUT2D eigenvalue weighted by Gasteiger charge is -2.42. The Kier molecular flexibility index (Phi) is 8.34. The number of unbranched alkanes of at least 4 members (excludes halogenated alkanes) is 1. The zero-order chi connectivity index (χ0) is 25.6. The van der Waals surface area contributed by atoms with Gasteiger partial charge in [-0.05, 0) is 49.1 Å². The Morgan fingerprint density at radius 3 is 2.54 bits per heavy atom. The van der Waals surface area contributed by atoms with Gasteiger partial charge in [0.1, 0.15) is 6.04 Å². The van der Waals surface area contributed by atoms with Gasteiger partial charge in [-0.1, -0.05) is 42.5 Å². The van der Waals surface area contributed by atoms with Gasteiger partial charge in [0.15, 0.2) is 6.29 Å². The lowest BCUT2D eigenvalue weighted by Crippen LogP contribution is -2.47. The number of carbonyl (C=O) groups is 2. The third kappa shape index (κ3) is 5.95. The fourth-order valence-electron chi connectivity index (χ4n) is 5.82. The van der Waals surface area contributed by atoms with Gasteiger partial charge in [-0.2, -0.15) is 0 Å². The molecule has 7 nitrogen and oxygen atoms in total. The predicted molar refractivity (Wildman–Crippen MR) is 148 cm³/mol. The van der Waals surface area contributed by atoms with E-state index in [0.717, 1.165) is 88.7 Å². The first-order valence-electron chi connectivity index (χ1n) is 13.5. The largest absolute Gasteiger partial charge is 0.378 e. The second kappa shape index (κ2) is 12.0. The van der Waals surface area contributed by atoms with Gasteiger partial charge >= 0.3 is 0 Å². The van der Waals surface area contributed by atoms with Crippen molar-refractivity contribution >= 4 is 29.0 Å². The molecule has 2 aromatic carbocycles. The van der Waals surface area contributed by atoms with Crippen molar-refractivity contribution in [2.24, 2.45) is 0 Å². The number of ether oxygens (including phenoxy) is 1. The summed E-state index contributed by atoms with van der Waals surface area (Å²) in [6, 6.07) is 16.4. The van der Waals surface area contributed by atoms with Crippen molar-refractivity contribution in [1.82, 2.24) is 9.80 Å². The Hall–Kier alpha value is -3.00. The summed E-state index contributed by atoms with van der Waals surface area (Å²) in [4.78, 5) is 33.6. The molecule has 0 bridgehead atoms. The van der Waals surface area contributed by atoms with Gasteiger partial charge in [-0.25, -0.2) is 0 Å². The van der Waals surface area contributed by atoms with Crippen LogP contribution in [0.3, 0.4) is 0 Å². The number of hydrogen-bond donors (Lipinski definition) is 0. The van der Waals surface area contributed by atoms with Crippen LogP contribution in [0.5, 0.6) is 0 Å². The van der Waals surface area contributed by atoms with Crippen LogP contribution in [0.4, 0.5) is 11.4 Å². The number of carbonyl (C=O) groups excluding carboxylic acids is 2. The van der Waals surface area contributed by atoms with E-state index in [1.165, 1.54) is 11.1 Å². The number of aldehydes is 1. The minimum absolute atomic E-state index is 0.358. The number of anilines is 2. The number of fused-ring (bicyclic) bond motifs is 1. The van der Waals surface area contributed by atoms with Crippen molar-refractivity contribution in [3.8, 4) is 0 Å². The summed E-state index contributed by atoms with van der Waals surface area (Å²) in [5.74, 6) is -0.358. The number of Topliss-reactive ketones (excluding diaryl/α,β-unsaturated/α-hetero) is 1. The predicted octanol–water partition coefficient (Wildman–Crippen LogP) is 3.61. The van der Waals surface area contributed by atoms with Gasteiger partial charge in [0.25, 0.3) is 0 Å². The first-order valence-corrected chi connectivity index (χ1v) is 13.5. The summed E-state index contributed by atoms with van der Waals surface area (Å²) < 4.78 is 5.49. The summed E-state index contributed by atoms with van der Waals surface area (Å²) >= 11 is 0. The van der Waals surface area contributed by atoms with Crippen molar-refractivity contribution in [2.45, 2.75) is 25.3 Å². The molecule has 196 valence electrons. The molecule has 1 fully saturated rings. The van der Waals surface area contributed by atoms with Gasteiger partial charge in [-0.15, -0.1) is 0 Å². The SMILES string of the molecule is CN1CN(CCCCN2CC=C(c3ccccc3)CC2)C(C(=O)C=O)c2ccc(N3CCOCC3)cc21. The number of benzene rings is 2. The Morgan fingerprint density at radius 2 is 1.81 bits per heavy atom. The highest BCUT2D eigenvalue weighted by atomic mass is 16.5. The van der Waals surface area contributed by atoms with E-state index in [0.29, 0.717) is 13.0 Å². The molecule has 1 saturated heterocycles. The standard InChI is InChI=1S/C30H38N4O3/c1-31-23-34(14-6-5-13-32-15-11-25(12-16-32)24-7-3-2-4-8-24)30(29(36)22-35)27-10-9-26(21-28(27)31)33-17-19-37-20-18-33/h2-4,7-11,21-22,30H,5-6,12-20,23H2,1H3. The zero-order valence-electron chi connectivity index (χ0n) is 21.8. The first kappa shape index (κ1) is 25.6. The molecule has 3 aliphatic rings. The fraction of sp³-hybridized carbons (Fsp3) is 0.467. The molecule has 0 N–H and O–H groups in total. The summed E-state index contributed by atoms with van der Waals surface area (Å²) in [6.45, 7) is 7.74. The van der Waals surface area contributed by atoms with Crippen LogP contribution in [0.2, 0.25) is 0 Å². The lowest BCUT2D eigenvalue weighted by atomic mass is 9.95. The molecule has 0 aromatic heterocycles. The molecule has 0 spiro atoms. The highest BCUT2D eigenvalue weighted by Crippen LogP contribution is 2.38. The normalized spacial score (nSPS) is 20.9. The van der Waals surface area contributed by atoms with Gasteiger partial charge in [0.2, 0.25) is 5.78 Å². The van der Waals surface area contributed by atoms with E-state index in [2.05, 4.69) is 75.2 Å². The molecular weight excluding hydrogens is 464 g/mol. The third-order valence-corrected chi connectivity index (χ3v) is 7.85. The van der Waals surface area contributed by atoms with Crippen molar-refractivity contribution in [3.05, 3.63) is 65.7 Å². The van der Waals surface area contributed by atoms with Crippen LogP contribution in [-0.2, 0) is 14.3 Å². The van der Waals surface area contributed by atoms with Crippen LogP contribution in [-0.4, -0.2) is 88.1 Å². The van der Waals surface area contributed by atoms with Crippen molar-refractivity contribution < 1.29 is 14.3 Å². The Bertz CT molecular complexity index is 1110. The van der Waals surface area contributed by atoms with Crippen molar-refractivity contribution in [1.29, 1.82) is 0 Å². The van der Waals surface area contributed by atoms with Crippen LogP contribution >= 0.6 is 0 Å². The van der Waals surface area contributed by atoms with Crippen LogP contribution in [0, 0.1) is 0 Å². The molecule has 3 heterocycles. The van der Waals surface area contributed by atoms with Crippen LogP contribution < -0.4 is 9.80 Å². The van der Waals surface area contributed by atoms with E-state index in [1.54, 1.807) is 0 Å². The quantitative estimate of drug-likeness (QED) is 0.295. The van der Waals surface area contributed by atoms with Crippen LogP contribution in [0.15, 0.2) is 54.6 Å². The molecule has 2 aromatic rings. The summed E-state index contributed by atoms with van der Waals surface area (Å²) in [7, 11) is 2.07. The summed E-state index contributed by atoms with van der Waals surface area (Å²) in [5.41, 5.74) is 5.89. The van der Waals surface area contributed by atoms with E-state index < -0.39 is 6.04 Å². The van der Waals surface area contributed by atoms with Crippen LogP contribution in [0.1, 0.15) is 36.4 Å². The number of rotatable bonds is 9. The molecular formula is C30H38N4O3. The van der Waals surface area contributed by atoms with Gasteiger partial charge in [0, 0.05) is 56.7 Å². The number of nitrogens with zero attached hydrogens (tertiary/aromatic N) is 4. The maximum absolute atomic E-state index is 12.8. The number of hydrogen-bond acceptors (Lipinski definition) is 7. The molecule has 7 heteroatoms. The zero-order valence-corrected chi connectivity index (χ0v) is 21.8. The molecule has 0 amide bonds. The summed E-state index contributed by atoms with van der Waals surface area (Å²) in [6.07, 6.45) is 6.00. The Morgan fingerprint density at radius 1 is 1.03 bits per heavy atom. The fourth-order valence-corrected chi connectivity index (χ4v) is 5.82. The second-order valence-corrected chi connectivity index (χ2v) is 10.3. The van der Waals surface area contributed by atoms with E-state index in [1.807, 2.05) is 6.07 Å². The minimum atomic E-state index is -0.506. The average Bonchev–Trinajstić information content (AvgIpc) is 2.96. The molecule has 1 atom stereocenters. The van der Waals surface area contributed by atoms with E-state index in [9.17, 15) is 9.59 Å².